The van der Waals surface area contributed by atoms with Crippen molar-refractivity contribution in [3.8, 4) is 0 Å². The van der Waals surface area contributed by atoms with Crippen LogP contribution in [-0.2, 0) is 0 Å². The van der Waals surface area contributed by atoms with E-state index in [0.29, 0.717) is 11.6 Å². The molecule has 0 radical (unpaired) electrons. The van der Waals surface area contributed by atoms with Gasteiger partial charge in [0, 0.05) is 25.3 Å². The lowest BCUT2D eigenvalue weighted by molar-refractivity contribution is 0.0938. The van der Waals surface area contributed by atoms with E-state index in [4.69, 9.17) is 0 Å². The zero-order valence-corrected chi connectivity index (χ0v) is 10.3. The van der Waals surface area contributed by atoms with E-state index < -0.39 is 0 Å². The molecule has 2 heterocycles. The number of nitrogens with zero attached hydrogens (tertiary/aromatic N) is 3. The molecule has 92 valence electrons. The molecule has 1 amide bonds. The summed E-state index contributed by atoms with van der Waals surface area (Å²) in [5, 5.41) is 2.83. The Morgan fingerprint density at radius 3 is 2.76 bits per heavy atom. The topological polar surface area (TPSA) is 58.1 Å². The number of carbonyl (C=O) groups excluding carboxylic acids is 1. The van der Waals surface area contributed by atoms with E-state index in [1.165, 1.54) is 12.8 Å². The van der Waals surface area contributed by atoms with Crippen LogP contribution in [0, 0.1) is 0 Å². The van der Waals surface area contributed by atoms with Crippen molar-refractivity contribution < 1.29 is 4.79 Å². The molecule has 0 aliphatic carbocycles. The zero-order chi connectivity index (χ0) is 12.3. The van der Waals surface area contributed by atoms with Gasteiger partial charge in [-0.15, -0.1) is 0 Å². The maximum absolute atomic E-state index is 11.8. The Morgan fingerprint density at radius 2 is 2.12 bits per heavy atom. The van der Waals surface area contributed by atoms with Crippen molar-refractivity contribution in [1.29, 1.82) is 0 Å². The molecule has 0 aromatic carbocycles. The minimum Gasteiger partial charge on any atom is -0.349 e. The molecule has 5 nitrogen and oxygen atoms in total. The van der Waals surface area contributed by atoms with Crippen molar-refractivity contribution in [3.05, 3.63) is 18.0 Å². The van der Waals surface area contributed by atoms with E-state index in [-0.39, 0.29) is 11.9 Å². The quantitative estimate of drug-likeness (QED) is 0.854. The van der Waals surface area contributed by atoms with Crippen LogP contribution >= 0.6 is 0 Å². The first kappa shape index (κ1) is 11.8. The Balaban J connectivity index is 2.13. The Kier molecular flexibility index (Phi) is 3.56. The van der Waals surface area contributed by atoms with Crippen molar-refractivity contribution in [2.24, 2.45) is 0 Å². The van der Waals surface area contributed by atoms with Gasteiger partial charge in [0.25, 0.3) is 5.91 Å². The molecule has 5 heteroatoms. The van der Waals surface area contributed by atoms with Gasteiger partial charge in [0.1, 0.15) is 5.69 Å². The SMILES string of the molecule is CC(C)NC(=O)c1ccnc(N2CCCC2)n1. The molecule has 1 aliphatic rings. The van der Waals surface area contributed by atoms with E-state index in [1.807, 2.05) is 13.8 Å². The number of nitrogens with one attached hydrogen (secondary N) is 1. The number of rotatable bonds is 3. The number of hydrogen-bond acceptors (Lipinski definition) is 4. The van der Waals surface area contributed by atoms with Gasteiger partial charge in [0.15, 0.2) is 0 Å². The number of anilines is 1. The first-order chi connectivity index (χ1) is 8.16. The lowest BCUT2D eigenvalue weighted by Crippen LogP contribution is -2.31. The van der Waals surface area contributed by atoms with E-state index in [9.17, 15) is 4.79 Å². The van der Waals surface area contributed by atoms with Gasteiger partial charge < -0.3 is 10.2 Å². The summed E-state index contributed by atoms with van der Waals surface area (Å²) >= 11 is 0. The van der Waals surface area contributed by atoms with Gasteiger partial charge in [0.2, 0.25) is 5.95 Å². The molecular formula is C12H18N4O. The molecule has 1 aliphatic heterocycles. The van der Waals surface area contributed by atoms with E-state index in [1.54, 1.807) is 12.3 Å². The zero-order valence-electron chi connectivity index (χ0n) is 10.3. The summed E-state index contributed by atoms with van der Waals surface area (Å²) in [6, 6.07) is 1.77. The summed E-state index contributed by atoms with van der Waals surface area (Å²) in [4.78, 5) is 22.4. The normalized spacial score (nSPS) is 15.4. The standard InChI is InChI=1S/C12H18N4O/c1-9(2)14-11(17)10-5-6-13-12(15-10)16-7-3-4-8-16/h5-6,9H,3-4,7-8H2,1-2H3,(H,14,17). The van der Waals surface area contributed by atoms with Gasteiger partial charge in [-0.25, -0.2) is 9.97 Å². The second-order valence-corrected chi connectivity index (χ2v) is 4.56. The molecule has 0 spiro atoms. The Labute approximate surface area is 101 Å². The van der Waals surface area contributed by atoms with Gasteiger partial charge in [-0.3, -0.25) is 4.79 Å². The summed E-state index contributed by atoms with van der Waals surface area (Å²) < 4.78 is 0. The fourth-order valence-electron chi connectivity index (χ4n) is 1.88. The largest absolute Gasteiger partial charge is 0.349 e. The third-order valence-electron chi connectivity index (χ3n) is 2.68. The minimum absolute atomic E-state index is 0.118. The fourth-order valence-corrected chi connectivity index (χ4v) is 1.88. The maximum Gasteiger partial charge on any atom is 0.270 e. The van der Waals surface area contributed by atoms with Gasteiger partial charge in [0.05, 0.1) is 0 Å². The van der Waals surface area contributed by atoms with Crippen molar-refractivity contribution >= 4 is 11.9 Å². The number of aromatic nitrogens is 2. The molecule has 1 fully saturated rings. The lowest BCUT2D eigenvalue weighted by Gasteiger charge is -2.15. The van der Waals surface area contributed by atoms with Crippen LogP contribution in [0.3, 0.4) is 0 Å². The summed E-state index contributed by atoms with van der Waals surface area (Å²) in [5.74, 6) is 0.529. The highest BCUT2D eigenvalue weighted by Gasteiger charge is 2.16. The van der Waals surface area contributed by atoms with E-state index in [0.717, 1.165) is 13.1 Å². The van der Waals surface area contributed by atoms with E-state index in [2.05, 4.69) is 20.2 Å². The Morgan fingerprint density at radius 1 is 1.41 bits per heavy atom. The van der Waals surface area contributed by atoms with Crippen LogP contribution < -0.4 is 10.2 Å². The third-order valence-corrected chi connectivity index (χ3v) is 2.68. The van der Waals surface area contributed by atoms with Gasteiger partial charge >= 0.3 is 0 Å². The highest BCUT2D eigenvalue weighted by molar-refractivity contribution is 5.92. The highest BCUT2D eigenvalue weighted by atomic mass is 16.1. The van der Waals surface area contributed by atoms with Gasteiger partial charge in [-0.2, -0.15) is 0 Å². The number of amides is 1. The molecule has 17 heavy (non-hydrogen) atoms. The lowest BCUT2D eigenvalue weighted by atomic mass is 10.3. The molecule has 1 aromatic rings. The first-order valence-electron chi connectivity index (χ1n) is 6.05. The van der Waals surface area contributed by atoms with Crippen LogP contribution in [0.5, 0.6) is 0 Å². The average molecular weight is 234 g/mol. The predicted octanol–water partition coefficient (Wildman–Crippen LogP) is 1.21. The monoisotopic (exact) mass is 234 g/mol. The second-order valence-electron chi connectivity index (χ2n) is 4.56. The molecule has 0 atom stereocenters. The van der Waals surface area contributed by atoms with Gasteiger partial charge in [-0.1, -0.05) is 0 Å². The summed E-state index contributed by atoms with van der Waals surface area (Å²) in [5.41, 5.74) is 0.440. The smallest absolute Gasteiger partial charge is 0.270 e. The molecule has 1 aromatic heterocycles. The van der Waals surface area contributed by atoms with Crippen LogP contribution in [0.1, 0.15) is 37.2 Å². The second kappa shape index (κ2) is 5.12. The molecule has 0 unspecified atom stereocenters. The van der Waals surface area contributed by atoms with Crippen LogP contribution in [0.4, 0.5) is 5.95 Å². The summed E-state index contributed by atoms with van der Waals surface area (Å²) in [7, 11) is 0. The maximum atomic E-state index is 11.8. The van der Waals surface area contributed by atoms with Crippen LogP contribution in [0.2, 0.25) is 0 Å². The van der Waals surface area contributed by atoms with Gasteiger partial charge in [-0.05, 0) is 32.8 Å². The molecule has 1 N–H and O–H groups in total. The van der Waals surface area contributed by atoms with E-state index >= 15 is 0 Å². The molecule has 0 bridgehead atoms. The van der Waals surface area contributed by atoms with Crippen molar-refractivity contribution in [3.63, 3.8) is 0 Å². The van der Waals surface area contributed by atoms with Crippen LogP contribution in [-0.4, -0.2) is 35.0 Å². The summed E-state index contributed by atoms with van der Waals surface area (Å²) in [6.07, 6.45) is 3.99. The highest BCUT2D eigenvalue weighted by Crippen LogP contribution is 2.15. The van der Waals surface area contributed by atoms with Crippen LogP contribution in [0.25, 0.3) is 0 Å². The van der Waals surface area contributed by atoms with Crippen molar-refractivity contribution in [2.75, 3.05) is 18.0 Å². The predicted molar refractivity (Wildman–Crippen MR) is 66.1 cm³/mol. The number of hydrogen-bond donors (Lipinski definition) is 1. The number of carbonyl (C=O) groups is 1. The molecular weight excluding hydrogens is 216 g/mol. The third kappa shape index (κ3) is 2.93. The van der Waals surface area contributed by atoms with Crippen molar-refractivity contribution in [1.82, 2.24) is 15.3 Å². The average Bonchev–Trinajstić information content (AvgIpc) is 2.82. The Hall–Kier alpha value is -1.65. The first-order valence-corrected chi connectivity index (χ1v) is 6.05. The fraction of sp³-hybridized carbons (Fsp3) is 0.583. The van der Waals surface area contributed by atoms with Crippen LogP contribution in [0.15, 0.2) is 12.3 Å². The summed E-state index contributed by atoms with van der Waals surface area (Å²) in [6.45, 7) is 5.82. The van der Waals surface area contributed by atoms with Crippen molar-refractivity contribution in [2.45, 2.75) is 32.7 Å². The molecule has 2 rings (SSSR count). The molecule has 1 saturated heterocycles. The Bertz CT molecular complexity index is 399. The minimum atomic E-state index is -0.136. The molecule has 0 saturated carbocycles.